The Morgan fingerprint density at radius 3 is 2.22 bits per heavy atom. The van der Waals surface area contributed by atoms with Crippen LogP contribution in [0.1, 0.15) is 12.8 Å². The Morgan fingerprint density at radius 1 is 1.33 bits per heavy atom. The van der Waals surface area contributed by atoms with Gasteiger partial charge in [0.2, 0.25) is 0 Å². The average molecular weight is 160 g/mol. The molecule has 2 heteroatoms. The maximum atomic E-state index is 2.48. The molecule has 9 heavy (non-hydrogen) atoms. The minimum absolute atomic E-state index is 0.761. The first-order valence-electron chi connectivity index (χ1n) is 3.72. The van der Waals surface area contributed by atoms with Crippen LogP contribution in [0.25, 0.3) is 0 Å². The van der Waals surface area contributed by atoms with Gasteiger partial charge in [-0.25, -0.2) is 0 Å². The molecule has 0 saturated carbocycles. The summed E-state index contributed by atoms with van der Waals surface area (Å²) in [4.78, 5) is 1.07. The van der Waals surface area contributed by atoms with Crippen molar-refractivity contribution in [3.63, 3.8) is 0 Å². The third-order valence-electron chi connectivity index (χ3n) is 1.90. The van der Waals surface area contributed by atoms with Gasteiger partial charge in [0.25, 0.3) is 0 Å². The van der Waals surface area contributed by atoms with E-state index in [0.29, 0.717) is 0 Å². The van der Waals surface area contributed by atoms with Crippen LogP contribution in [0.4, 0.5) is 0 Å². The summed E-state index contributed by atoms with van der Waals surface area (Å²) >= 11 is 2.21. The molecule has 1 saturated heterocycles. The van der Waals surface area contributed by atoms with Crippen molar-refractivity contribution in [1.29, 1.82) is 0 Å². The first kappa shape index (κ1) is 7.67. The standard InChI is InChI=1S/C7H16SSi/c1-9(2,3)7-5-4-6-8-7/h7H,4-6H2,1-3H3. The Hall–Kier alpha value is 0.567. The van der Waals surface area contributed by atoms with Crippen molar-refractivity contribution in [2.45, 2.75) is 37.4 Å². The second kappa shape index (κ2) is 2.66. The van der Waals surface area contributed by atoms with Crippen LogP contribution >= 0.6 is 11.8 Å². The fourth-order valence-corrected chi connectivity index (χ4v) is 5.64. The van der Waals surface area contributed by atoms with Gasteiger partial charge < -0.3 is 0 Å². The molecule has 0 aliphatic carbocycles. The van der Waals surface area contributed by atoms with Crippen LogP contribution in [0.3, 0.4) is 0 Å². The molecule has 0 spiro atoms. The molecule has 1 heterocycles. The lowest BCUT2D eigenvalue weighted by atomic mass is 10.4. The molecule has 0 aromatic heterocycles. The molecule has 0 nitrogen and oxygen atoms in total. The molecule has 1 atom stereocenters. The number of rotatable bonds is 1. The highest BCUT2D eigenvalue weighted by Crippen LogP contribution is 2.32. The Labute approximate surface area is 63.4 Å². The fourth-order valence-electron chi connectivity index (χ4n) is 1.26. The molecule has 1 fully saturated rings. The summed E-state index contributed by atoms with van der Waals surface area (Å²) < 4.78 is 0. The number of thioether (sulfide) groups is 1. The molecular weight excluding hydrogens is 144 g/mol. The van der Waals surface area contributed by atoms with Crippen LogP contribution in [0, 0.1) is 0 Å². The summed E-state index contributed by atoms with van der Waals surface area (Å²) in [5, 5.41) is 0. The quantitative estimate of drug-likeness (QED) is 0.532. The molecule has 0 aromatic carbocycles. The van der Waals surface area contributed by atoms with Crippen molar-refractivity contribution < 1.29 is 0 Å². The Bertz CT molecular complexity index is 89.6. The van der Waals surface area contributed by atoms with Gasteiger partial charge in [0.1, 0.15) is 0 Å². The van der Waals surface area contributed by atoms with Crippen molar-refractivity contribution >= 4 is 19.8 Å². The maximum Gasteiger partial charge on any atom is 0.0587 e. The van der Waals surface area contributed by atoms with Crippen LogP contribution < -0.4 is 0 Å². The SMILES string of the molecule is C[Si](C)(C)C1CCCS1. The van der Waals surface area contributed by atoms with Crippen LogP contribution in [0.15, 0.2) is 0 Å². The van der Waals surface area contributed by atoms with Gasteiger partial charge >= 0.3 is 0 Å². The van der Waals surface area contributed by atoms with E-state index < -0.39 is 8.07 Å². The van der Waals surface area contributed by atoms with E-state index in [0.717, 1.165) is 4.87 Å². The lowest BCUT2D eigenvalue weighted by molar-refractivity contribution is 0.900. The first-order chi connectivity index (χ1) is 4.11. The van der Waals surface area contributed by atoms with Crippen molar-refractivity contribution in [1.82, 2.24) is 0 Å². The zero-order valence-corrected chi connectivity index (χ0v) is 8.42. The van der Waals surface area contributed by atoms with Crippen molar-refractivity contribution in [3.05, 3.63) is 0 Å². The molecule has 1 aliphatic heterocycles. The molecule has 0 radical (unpaired) electrons. The van der Waals surface area contributed by atoms with Gasteiger partial charge in [0, 0.05) is 0 Å². The van der Waals surface area contributed by atoms with Crippen LogP contribution in [0.5, 0.6) is 0 Å². The molecule has 1 unspecified atom stereocenters. The van der Waals surface area contributed by atoms with E-state index in [1.165, 1.54) is 18.6 Å². The van der Waals surface area contributed by atoms with E-state index in [2.05, 4.69) is 31.4 Å². The summed E-state index contributed by atoms with van der Waals surface area (Å²) in [5.41, 5.74) is 0. The predicted octanol–water partition coefficient (Wildman–Crippen LogP) is 2.76. The Kier molecular flexibility index (Phi) is 2.27. The third-order valence-corrected chi connectivity index (χ3v) is 7.90. The Balaban J connectivity index is 2.42. The second-order valence-corrected chi connectivity index (χ2v) is 11.0. The predicted molar refractivity (Wildman–Crippen MR) is 48.8 cm³/mol. The average Bonchev–Trinajstić information content (AvgIpc) is 2.08. The van der Waals surface area contributed by atoms with Gasteiger partial charge in [0.15, 0.2) is 0 Å². The molecular formula is C7H16SSi. The van der Waals surface area contributed by atoms with E-state index >= 15 is 0 Å². The molecule has 54 valence electrons. The summed E-state index contributed by atoms with van der Waals surface area (Å²) in [6.07, 6.45) is 2.97. The zero-order chi connectivity index (χ0) is 6.91. The third kappa shape index (κ3) is 2.01. The lowest BCUT2D eigenvalue weighted by Crippen LogP contribution is -2.33. The van der Waals surface area contributed by atoms with Gasteiger partial charge in [-0.1, -0.05) is 19.6 Å². The molecule has 0 bridgehead atoms. The normalized spacial score (nSPS) is 29.0. The van der Waals surface area contributed by atoms with E-state index in [1.807, 2.05) is 0 Å². The highest BCUT2D eigenvalue weighted by atomic mass is 32.2. The summed E-state index contributed by atoms with van der Waals surface area (Å²) in [6, 6.07) is 0. The van der Waals surface area contributed by atoms with Crippen molar-refractivity contribution in [3.8, 4) is 0 Å². The highest BCUT2D eigenvalue weighted by molar-refractivity contribution is 8.01. The topological polar surface area (TPSA) is 0 Å². The van der Waals surface area contributed by atoms with Gasteiger partial charge in [-0.3, -0.25) is 0 Å². The van der Waals surface area contributed by atoms with Crippen LogP contribution in [-0.2, 0) is 0 Å². The van der Waals surface area contributed by atoms with Gasteiger partial charge in [-0.15, -0.1) is 0 Å². The Morgan fingerprint density at radius 2 is 2.00 bits per heavy atom. The van der Waals surface area contributed by atoms with Crippen LogP contribution in [0.2, 0.25) is 19.6 Å². The smallest absolute Gasteiger partial charge is 0.0587 e. The minimum Gasteiger partial charge on any atom is -0.162 e. The second-order valence-electron chi connectivity index (χ2n) is 3.87. The molecule has 1 rings (SSSR count). The van der Waals surface area contributed by atoms with Crippen LogP contribution in [-0.4, -0.2) is 18.7 Å². The lowest BCUT2D eigenvalue weighted by Gasteiger charge is -2.22. The summed E-state index contributed by atoms with van der Waals surface area (Å²) in [5.74, 6) is 1.43. The molecule has 0 amide bonds. The molecule has 0 aromatic rings. The van der Waals surface area contributed by atoms with E-state index in [1.54, 1.807) is 0 Å². The fraction of sp³-hybridized carbons (Fsp3) is 1.00. The number of hydrogen-bond donors (Lipinski definition) is 0. The van der Waals surface area contributed by atoms with E-state index in [9.17, 15) is 0 Å². The highest BCUT2D eigenvalue weighted by Gasteiger charge is 2.29. The van der Waals surface area contributed by atoms with Crippen molar-refractivity contribution in [2.24, 2.45) is 0 Å². The summed E-state index contributed by atoms with van der Waals surface area (Å²) in [7, 11) is -0.761. The van der Waals surface area contributed by atoms with Gasteiger partial charge in [-0.2, -0.15) is 11.8 Å². The minimum atomic E-state index is -0.761. The summed E-state index contributed by atoms with van der Waals surface area (Å²) in [6.45, 7) is 7.45. The number of hydrogen-bond acceptors (Lipinski definition) is 1. The first-order valence-corrected chi connectivity index (χ1v) is 8.35. The zero-order valence-electron chi connectivity index (χ0n) is 6.61. The van der Waals surface area contributed by atoms with E-state index in [4.69, 9.17) is 0 Å². The van der Waals surface area contributed by atoms with Gasteiger partial charge in [0.05, 0.1) is 8.07 Å². The van der Waals surface area contributed by atoms with Crippen molar-refractivity contribution in [2.75, 3.05) is 5.75 Å². The largest absolute Gasteiger partial charge is 0.162 e. The van der Waals surface area contributed by atoms with Gasteiger partial charge in [-0.05, 0) is 23.5 Å². The maximum absolute atomic E-state index is 2.48. The molecule has 0 N–H and O–H groups in total. The van der Waals surface area contributed by atoms with E-state index in [-0.39, 0.29) is 0 Å². The monoisotopic (exact) mass is 160 g/mol. The molecule has 1 aliphatic rings.